The molecule has 2 aromatic carbocycles. The van der Waals surface area contributed by atoms with Crippen molar-refractivity contribution >= 4 is 17.6 Å². The van der Waals surface area contributed by atoms with E-state index in [1.807, 2.05) is 24.3 Å². The highest BCUT2D eigenvalue weighted by atomic mass is 35.5. The molecule has 198 valence electrons. The third kappa shape index (κ3) is 4.74. The number of hydrogen-bond donors (Lipinski definition) is 1. The number of aliphatic carboxylic acids is 1. The lowest BCUT2D eigenvalue weighted by atomic mass is 9.96. The van der Waals surface area contributed by atoms with Crippen LogP contribution >= 0.6 is 11.6 Å². The average molecular weight is 537 g/mol. The van der Waals surface area contributed by atoms with E-state index < -0.39 is 5.97 Å². The lowest BCUT2D eigenvalue weighted by Crippen LogP contribution is -2.23. The summed E-state index contributed by atoms with van der Waals surface area (Å²) in [5.74, 6) is 1.21. The molecule has 0 unspecified atom stereocenters. The van der Waals surface area contributed by atoms with Gasteiger partial charge in [0.25, 0.3) is 0 Å². The lowest BCUT2D eigenvalue weighted by Gasteiger charge is -2.20. The van der Waals surface area contributed by atoms with Crippen LogP contribution in [0.15, 0.2) is 42.5 Å². The second kappa shape index (κ2) is 10.3. The number of methoxy groups -OCH3 is 1. The van der Waals surface area contributed by atoms with E-state index in [2.05, 4.69) is 28.1 Å². The van der Waals surface area contributed by atoms with Gasteiger partial charge in [-0.05, 0) is 66.3 Å². The Bertz CT molecular complexity index is 1380. The Labute approximate surface area is 226 Å². The van der Waals surface area contributed by atoms with Crippen molar-refractivity contribution in [2.75, 3.05) is 33.4 Å². The van der Waals surface area contributed by atoms with Crippen molar-refractivity contribution in [3.63, 3.8) is 0 Å². The molecule has 3 aliphatic rings. The summed E-state index contributed by atoms with van der Waals surface area (Å²) < 4.78 is 23.4. The molecular weight excluding hydrogens is 508 g/mol. The van der Waals surface area contributed by atoms with Crippen LogP contribution in [0.3, 0.4) is 0 Å². The third-order valence-electron chi connectivity index (χ3n) is 7.51. The minimum absolute atomic E-state index is 0.183. The van der Waals surface area contributed by atoms with Gasteiger partial charge in [0.15, 0.2) is 11.5 Å². The summed E-state index contributed by atoms with van der Waals surface area (Å²) in [4.78, 5) is 18.0. The van der Waals surface area contributed by atoms with Gasteiger partial charge >= 0.3 is 5.97 Å². The second-order valence-electron chi connectivity index (χ2n) is 9.88. The Hall–Kier alpha value is -3.49. The van der Waals surface area contributed by atoms with Crippen molar-refractivity contribution in [1.29, 1.82) is 0 Å². The molecular formula is C29H29ClN2O6. The first-order valence-electron chi connectivity index (χ1n) is 12.9. The number of fused-ring (bicyclic) bond motifs is 2. The highest BCUT2D eigenvalue weighted by Crippen LogP contribution is 2.43. The maximum atomic E-state index is 11.3. The number of carboxylic acid groups (broad SMARTS) is 1. The summed E-state index contributed by atoms with van der Waals surface area (Å²) in [6.07, 6.45) is 2.13. The molecule has 1 aromatic heterocycles. The van der Waals surface area contributed by atoms with E-state index in [1.165, 1.54) is 5.56 Å². The minimum Gasteiger partial charge on any atom is -0.486 e. The molecule has 1 saturated heterocycles. The largest absolute Gasteiger partial charge is 0.486 e. The van der Waals surface area contributed by atoms with E-state index >= 15 is 0 Å². The highest BCUT2D eigenvalue weighted by molar-refractivity contribution is 6.31. The van der Waals surface area contributed by atoms with E-state index in [-0.39, 0.29) is 12.0 Å². The molecule has 0 amide bonds. The summed E-state index contributed by atoms with van der Waals surface area (Å²) in [6.45, 7) is 2.85. The zero-order valence-corrected chi connectivity index (χ0v) is 21.9. The van der Waals surface area contributed by atoms with Crippen molar-refractivity contribution < 1.29 is 28.8 Å². The Kier molecular flexibility index (Phi) is 6.76. The summed E-state index contributed by atoms with van der Waals surface area (Å²) in [7, 11) is 1.57. The fraction of sp³-hybridized carbons (Fsp3) is 0.379. The maximum absolute atomic E-state index is 11.3. The topological polar surface area (TPSA) is 90.4 Å². The molecule has 3 heterocycles. The molecule has 0 saturated carbocycles. The molecule has 0 radical (unpaired) electrons. The Balaban J connectivity index is 1.22. The Morgan fingerprint density at radius 2 is 1.97 bits per heavy atom. The van der Waals surface area contributed by atoms with Crippen molar-refractivity contribution in [1.82, 2.24) is 9.88 Å². The molecule has 6 rings (SSSR count). The highest BCUT2D eigenvalue weighted by Gasteiger charge is 2.30. The van der Waals surface area contributed by atoms with Crippen LogP contribution in [0.5, 0.6) is 23.3 Å². The number of hydrogen-bond acceptors (Lipinski definition) is 7. The zero-order chi connectivity index (χ0) is 26.2. The standard InChI is InChI=1S/C29H29ClN2O6/c1-35-27-19(16-32-10-9-18(15-32)29(33)34)13-23(30)28(31-27)38-24-8-6-21-20(3-2-4-22(21)24)17-5-7-25-26(14-17)37-12-11-36-25/h2-5,7,13-14,18,24H,6,8-12,15-16H2,1H3,(H,33,34)/t18-,24+/m1/s1. The third-order valence-corrected chi connectivity index (χ3v) is 7.79. The molecule has 2 atom stereocenters. The fourth-order valence-electron chi connectivity index (χ4n) is 5.64. The van der Waals surface area contributed by atoms with Crippen LogP contribution in [0.4, 0.5) is 0 Å². The molecule has 1 fully saturated rings. The first kappa shape index (κ1) is 24.8. The van der Waals surface area contributed by atoms with Gasteiger partial charge in [0, 0.05) is 18.7 Å². The second-order valence-corrected chi connectivity index (χ2v) is 10.3. The molecule has 0 bridgehead atoms. The first-order chi connectivity index (χ1) is 18.5. The van der Waals surface area contributed by atoms with Crippen LogP contribution in [-0.4, -0.2) is 54.4 Å². The maximum Gasteiger partial charge on any atom is 0.307 e. The van der Waals surface area contributed by atoms with Crippen LogP contribution in [0.25, 0.3) is 11.1 Å². The van der Waals surface area contributed by atoms with E-state index in [0.29, 0.717) is 56.1 Å². The Morgan fingerprint density at radius 3 is 2.76 bits per heavy atom. The Morgan fingerprint density at radius 1 is 1.13 bits per heavy atom. The molecule has 2 aliphatic heterocycles. The van der Waals surface area contributed by atoms with Gasteiger partial charge < -0.3 is 24.1 Å². The molecule has 38 heavy (non-hydrogen) atoms. The first-order valence-corrected chi connectivity index (χ1v) is 13.2. The predicted octanol–water partition coefficient (Wildman–Crippen LogP) is 5.15. The minimum atomic E-state index is -0.756. The SMILES string of the molecule is COc1nc(O[C@H]2CCc3c(-c4ccc5c(c4)OCCO5)cccc32)c(Cl)cc1CN1CC[C@@H](C(=O)O)C1. The summed E-state index contributed by atoms with van der Waals surface area (Å²) in [5, 5.41) is 9.71. The van der Waals surface area contributed by atoms with Crippen molar-refractivity contribution in [2.45, 2.75) is 31.9 Å². The molecule has 0 spiro atoms. The molecule has 1 N–H and O–H groups in total. The molecule has 3 aromatic rings. The van der Waals surface area contributed by atoms with Crippen LogP contribution in [0.1, 0.15) is 35.6 Å². The monoisotopic (exact) mass is 536 g/mol. The van der Waals surface area contributed by atoms with Crippen molar-refractivity contribution in [3.05, 3.63) is 64.2 Å². The van der Waals surface area contributed by atoms with Crippen molar-refractivity contribution in [3.8, 4) is 34.4 Å². The van der Waals surface area contributed by atoms with Crippen LogP contribution in [-0.2, 0) is 17.8 Å². The normalized spacial score (nSPS) is 20.3. The van der Waals surface area contributed by atoms with Crippen molar-refractivity contribution in [2.24, 2.45) is 5.92 Å². The van der Waals surface area contributed by atoms with Gasteiger partial charge in [-0.2, -0.15) is 4.98 Å². The van der Waals surface area contributed by atoms with Crippen LogP contribution in [0, 0.1) is 5.92 Å². The number of carboxylic acids is 1. The molecule has 1 aliphatic carbocycles. The summed E-state index contributed by atoms with van der Waals surface area (Å²) in [5.41, 5.74) is 5.42. The number of likely N-dealkylation sites (tertiary alicyclic amines) is 1. The zero-order valence-electron chi connectivity index (χ0n) is 21.1. The summed E-state index contributed by atoms with van der Waals surface area (Å²) >= 11 is 6.64. The summed E-state index contributed by atoms with van der Waals surface area (Å²) in [6, 6.07) is 14.2. The van der Waals surface area contributed by atoms with Crippen LogP contribution in [0.2, 0.25) is 5.02 Å². The van der Waals surface area contributed by atoms with Gasteiger partial charge in [-0.15, -0.1) is 0 Å². The quantitative estimate of drug-likeness (QED) is 0.443. The number of pyridine rings is 1. The van der Waals surface area contributed by atoms with E-state index in [4.69, 9.17) is 30.5 Å². The number of carbonyl (C=O) groups is 1. The van der Waals surface area contributed by atoms with Gasteiger partial charge in [-0.1, -0.05) is 35.9 Å². The lowest BCUT2D eigenvalue weighted by molar-refractivity contribution is -0.141. The fourth-order valence-corrected chi connectivity index (χ4v) is 5.86. The number of aromatic nitrogens is 1. The average Bonchev–Trinajstić information content (AvgIpc) is 3.57. The van der Waals surface area contributed by atoms with Gasteiger partial charge in [-0.3, -0.25) is 9.69 Å². The smallest absolute Gasteiger partial charge is 0.307 e. The number of halogens is 1. The van der Waals surface area contributed by atoms with Crippen LogP contribution < -0.4 is 18.9 Å². The number of rotatable bonds is 7. The molecule has 9 heteroatoms. The number of nitrogens with zero attached hydrogens (tertiary/aromatic N) is 2. The van der Waals surface area contributed by atoms with Gasteiger partial charge in [-0.25, -0.2) is 0 Å². The predicted molar refractivity (Wildman–Crippen MR) is 141 cm³/mol. The number of ether oxygens (including phenoxy) is 4. The van der Waals surface area contributed by atoms with Gasteiger partial charge in [0.05, 0.1) is 13.0 Å². The van der Waals surface area contributed by atoms with E-state index in [0.717, 1.165) is 46.6 Å². The van der Waals surface area contributed by atoms with Gasteiger partial charge in [0.2, 0.25) is 11.8 Å². The van der Waals surface area contributed by atoms with Gasteiger partial charge in [0.1, 0.15) is 24.3 Å². The number of benzene rings is 2. The van der Waals surface area contributed by atoms with E-state index in [1.54, 1.807) is 7.11 Å². The van der Waals surface area contributed by atoms with E-state index in [9.17, 15) is 9.90 Å². The molecule has 8 nitrogen and oxygen atoms in total.